The Bertz CT molecular complexity index is 2730. The number of rotatable bonds is 12. The third-order valence-electron chi connectivity index (χ3n) is 13.1. The van der Waals surface area contributed by atoms with Gasteiger partial charge >= 0.3 is 0 Å². The lowest BCUT2D eigenvalue weighted by Gasteiger charge is -2.39. The van der Waals surface area contributed by atoms with Crippen molar-refractivity contribution in [1.29, 1.82) is 0 Å². The van der Waals surface area contributed by atoms with Crippen molar-refractivity contribution < 1.29 is 32.3 Å². The van der Waals surface area contributed by atoms with Crippen LogP contribution in [0.4, 0.5) is 23.1 Å². The van der Waals surface area contributed by atoms with Crippen molar-refractivity contribution in [3.63, 3.8) is 0 Å². The number of ether oxygens (including phenoxy) is 1. The predicted molar refractivity (Wildman–Crippen MR) is 252 cm³/mol. The van der Waals surface area contributed by atoms with Crippen LogP contribution < -0.4 is 20.7 Å². The third kappa shape index (κ3) is 10.1. The van der Waals surface area contributed by atoms with Crippen LogP contribution in [0.15, 0.2) is 65.7 Å². The minimum atomic E-state index is -3.57. The second-order valence-electron chi connectivity index (χ2n) is 17.7. The molecule has 346 valence electrons. The molecule has 0 spiro atoms. The van der Waals surface area contributed by atoms with Gasteiger partial charge in [-0.2, -0.15) is 4.98 Å². The molecular formula is C49H55ClN8O7S. The number of benzene rings is 3. The van der Waals surface area contributed by atoms with Crippen LogP contribution in [0.5, 0.6) is 5.75 Å². The Hall–Kier alpha value is -5.86. The summed E-state index contributed by atoms with van der Waals surface area (Å²) in [5.74, 6) is 6.08. The van der Waals surface area contributed by atoms with E-state index in [1.807, 2.05) is 6.07 Å². The molecule has 3 atom stereocenters. The normalized spacial score (nSPS) is 20.6. The Kier molecular flexibility index (Phi) is 14.1. The molecule has 1 aromatic heterocycles. The van der Waals surface area contributed by atoms with Crippen molar-refractivity contribution in [2.45, 2.75) is 94.4 Å². The number of hydrogen-bond donors (Lipinski definition) is 3. The zero-order valence-electron chi connectivity index (χ0n) is 37.7. The Morgan fingerprint density at radius 1 is 0.909 bits per heavy atom. The number of piperazine rings is 1. The minimum absolute atomic E-state index is 0.0779. The highest BCUT2D eigenvalue weighted by atomic mass is 35.5. The molecule has 3 aliphatic heterocycles. The highest BCUT2D eigenvalue weighted by molar-refractivity contribution is 7.92. The number of fused-ring (bicyclic) bond motifs is 1. The van der Waals surface area contributed by atoms with E-state index >= 15 is 0 Å². The van der Waals surface area contributed by atoms with Crippen LogP contribution >= 0.6 is 11.6 Å². The van der Waals surface area contributed by atoms with Gasteiger partial charge < -0.3 is 20.3 Å². The number of sulfone groups is 1. The molecule has 2 saturated heterocycles. The lowest BCUT2D eigenvalue weighted by atomic mass is 9.99. The van der Waals surface area contributed by atoms with E-state index in [4.69, 9.17) is 16.3 Å². The summed E-state index contributed by atoms with van der Waals surface area (Å²) in [5.41, 5.74) is 4.52. The summed E-state index contributed by atoms with van der Waals surface area (Å²) < 4.78 is 31.9. The van der Waals surface area contributed by atoms with Gasteiger partial charge in [0.25, 0.3) is 11.8 Å². The van der Waals surface area contributed by atoms with Crippen molar-refractivity contribution in [3.05, 3.63) is 93.6 Å². The van der Waals surface area contributed by atoms with Gasteiger partial charge in [-0.15, -0.1) is 0 Å². The van der Waals surface area contributed by atoms with Gasteiger partial charge in [-0.05, 0) is 113 Å². The van der Waals surface area contributed by atoms with Gasteiger partial charge in [0.15, 0.2) is 15.7 Å². The largest absolute Gasteiger partial charge is 0.495 e. The monoisotopic (exact) mass is 934 g/mol. The smallest absolute Gasteiger partial charge is 0.262 e. The van der Waals surface area contributed by atoms with Crippen LogP contribution in [0.2, 0.25) is 5.02 Å². The number of amides is 4. The molecule has 15 nitrogen and oxygen atoms in total. The summed E-state index contributed by atoms with van der Waals surface area (Å²) in [6.45, 7) is 10.3. The third-order valence-corrected chi connectivity index (χ3v) is 15.6. The van der Waals surface area contributed by atoms with E-state index in [1.54, 1.807) is 63.4 Å². The second kappa shape index (κ2) is 19.9. The van der Waals surface area contributed by atoms with Crippen LogP contribution in [0.25, 0.3) is 0 Å². The van der Waals surface area contributed by atoms with Gasteiger partial charge in [-0.3, -0.25) is 34.3 Å². The van der Waals surface area contributed by atoms with E-state index in [0.717, 1.165) is 81.7 Å². The lowest BCUT2D eigenvalue weighted by Crippen LogP contribution is -2.54. The number of carbonyl (C=O) groups excluding carboxylic acids is 4. The maximum atomic E-state index is 13.3. The molecule has 4 aliphatic rings. The van der Waals surface area contributed by atoms with Gasteiger partial charge in [0.05, 0.1) is 46.0 Å². The molecule has 1 saturated carbocycles. The Labute approximate surface area is 390 Å². The first kappa shape index (κ1) is 46.7. The van der Waals surface area contributed by atoms with E-state index in [2.05, 4.69) is 60.5 Å². The summed E-state index contributed by atoms with van der Waals surface area (Å²) in [6.07, 6.45) is 7.84. The molecule has 0 bridgehead atoms. The van der Waals surface area contributed by atoms with Crippen LogP contribution in [0, 0.1) is 24.7 Å². The topological polar surface area (TPSA) is 183 Å². The summed E-state index contributed by atoms with van der Waals surface area (Å²) in [7, 11) is -1.94. The number of nitrogens with zero attached hydrogens (tertiary/aromatic N) is 5. The number of nitrogens with one attached hydrogen (secondary N) is 3. The first-order valence-electron chi connectivity index (χ1n) is 22.6. The molecule has 4 aromatic rings. The maximum Gasteiger partial charge on any atom is 0.262 e. The Morgan fingerprint density at radius 2 is 1.68 bits per heavy atom. The molecule has 8 rings (SSSR count). The second-order valence-corrected chi connectivity index (χ2v) is 20.6. The highest BCUT2D eigenvalue weighted by Gasteiger charge is 2.44. The van der Waals surface area contributed by atoms with Gasteiger partial charge in [-0.25, -0.2) is 13.4 Å². The number of piperidine rings is 1. The SMILES string of the molecule is COc1cc(CCN2CCN(C3CCCC(C#Cc4ccc5c(c4)C(=O)N(C4CCC(=O)NC4=O)C5=O)CC3)CC2)c(C)cc1Nc1ncc(Cl)c(Nc2ccccc2S(=O)(=O)C(C)C)n1. The van der Waals surface area contributed by atoms with E-state index in [0.29, 0.717) is 28.7 Å². The highest BCUT2D eigenvalue weighted by Crippen LogP contribution is 2.35. The molecule has 17 heteroatoms. The average Bonchev–Trinajstić information content (AvgIpc) is 3.41. The minimum Gasteiger partial charge on any atom is -0.495 e. The molecule has 1 aliphatic carbocycles. The number of methoxy groups -OCH3 is 1. The summed E-state index contributed by atoms with van der Waals surface area (Å²) in [4.78, 5) is 65.8. The van der Waals surface area contributed by atoms with Gasteiger partial charge in [0.2, 0.25) is 17.8 Å². The van der Waals surface area contributed by atoms with Gasteiger partial charge in [0, 0.05) is 56.7 Å². The van der Waals surface area contributed by atoms with Crippen molar-refractivity contribution in [2.24, 2.45) is 5.92 Å². The van der Waals surface area contributed by atoms with Crippen molar-refractivity contribution >= 4 is 68.2 Å². The number of hydrogen-bond acceptors (Lipinski definition) is 13. The molecule has 4 heterocycles. The molecule has 3 N–H and O–H groups in total. The number of aryl methyl sites for hydroxylation is 1. The number of carbonyl (C=O) groups is 4. The number of anilines is 4. The van der Waals surface area contributed by atoms with E-state index in [9.17, 15) is 27.6 Å². The van der Waals surface area contributed by atoms with Gasteiger partial charge in [-0.1, -0.05) is 42.0 Å². The van der Waals surface area contributed by atoms with Crippen LogP contribution in [-0.2, 0) is 25.8 Å². The van der Waals surface area contributed by atoms with Crippen LogP contribution in [-0.4, -0.2) is 114 Å². The average molecular weight is 936 g/mol. The summed E-state index contributed by atoms with van der Waals surface area (Å²) >= 11 is 6.48. The fourth-order valence-corrected chi connectivity index (χ4v) is 10.6. The molecule has 3 fully saturated rings. The van der Waals surface area contributed by atoms with Crippen LogP contribution in [0.1, 0.15) is 96.2 Å². The van der Waals surface area contributed by atoms with E-state index in [1.165, 1.54) is 11.8 Å². The molecule has 0 radical (unpaired) electrons. The molecule has 66 heavy (non-hydrogen) atoms. The van der Waals surface area contributed by atoms with Crippen molar-refractivity contribution in [2.75, 3.05) is 50.5 Å². The van der Waals surface area contributed by atoms with Gasteiger partial charge in [0.1, 0.15) is 16.8 Å². The predicted octanol–water partition coefficient (Wildman–Crippen LogP) is 6.68. The standard InChI is InChI=1S/C49H55ClN8O7S/c1-30(2)66(63,64)43-11-6-5-10-39(43)52-45-38(50)29-51-49(55-45)53-40-26-31(3)34(28-42(40)65-4)20-21-56-22-24-57(25-23-56)35-9-7-8-32(14-16-35)12-13-33-15-17-36-37(27-33)48(62)58(47(36)61)41-18-19-44(59)54-46(41)60/h5-6,10-11,15,17,26-30,32,35,41H,7-9,14,16,18-25H2,1-4H3,(H,54,59,60)(H2,51,52,53,55). The number of halogens is 1. The number of aromatic nitrogens is 2. The zero-order valence-corrected chi connectivity index (χ0v) is 39.2. The lowest BCUT2D eigenvalue weighted by molar-refractivity contribution is -0.136. The van der Waals surface area contributed by atoms with Crippen LogP contribution in [0.3, 0.4) is 0 Å². The fourth-order valence-electron chi connectivity index (χ4n) is 9.26. The first-order chi connectivity index (χ1) is 31.7. The maximum absolute atomic E-state index is 13.3. The summed E-state index contributed by atoms with van der Waals surface area (Å²) in [6, 6.07) is 15.3. The molecule has 3 aromatic carbocycles. The fraction of sp³-hybridized carbons (Fsp3) is 0.429. The van der Waals surface area contributed by atoms with E-state index < -0.39 is 44.8 Å². The zero-order chi connectivity index (χ0) is 46.7. The summed E-state index contributed by atoms with van der Waals surface area (Å²) in [5, 5.41) is 8.23. The molecule has 3 unspecified atom stereocenters. The Morgan fingerprint density at radius 3 is 2.44 bits per heavy atom. The van der Waals surface area contributed by atoms with Crippen molar-refractivity contribution in [1.82, 2.24) is 30.0 Å². The Balaban J connectivity index is 0.821. The van der Waals surface area contributed by atoms with E-state index in [-0.39, 0.29) is 51.6 Å². The molecular weight excluding hydrogens is 880 g/mol. The quantitative estimate of drug-likeness (QED) is 0.0778. The molecule has 4 amide bonds. The first-order valence-corrected chi connectivity index (χ1v) is 24.5. The van der Waals surface area contributed by atoms with Crippen molar-refractivity contribution in [3.8, 4) is 17.6 Å². The number of para-hydroxylation sites is 1. The number of imide groups is 2.